The number of aryl methyl sites for hydroxylation is 1. The zero-order valence-corrected chi connectivity index (χ0v) is 28.4. The van der Waals surface area contributed by atoms with Gasteiger partial charge in [-0.15, -0.1) is 0 Å². The second-order valence-electron chi connectivity index (χ2n) is 12.1. The van der Waals surface area contributed by atoms with Crippen LogP contribution in [0.5, 0.6) is 11.5 Å². The lowest BCUT2D eigenvalue weighted by Gasteiger charge is -2.22. The molecule has 1 amide bonds. The maximum Gasteiger partial charge on any atom is 0.331 e. The first kappa shape index (κ1) is 36.6. The molecule has 0 bridgehead atoms. The number of amides is 1. The number of carbonyl (C=O) groups is 3. The Morgan fingerprint density at radius 1 is 0.837 bits per heavy atom. The summed E-state index contributed by atoms with van der Waals surface area (Å²) in [4.78, 5) is 35.2. The molecule has 0 fully saturated rings. The van der Waals surface area contributed by atoms with Crippen molar-refractivity contribution < 1.29 is 32.6 Å². The molecule has 4 aromatic carbocycles. The molecule has 0 unspecified atom stereocenters. The molecule has 7 N–H and O–H groups in total. The Kier molecular flexibility index (Phi) is 12.2. The van der Waals surface area contributed by atoms with Gasteiger partial charge in [-0.2, -0.15) is 0 Å². The number of primary amides is 1. The van der Waals surface area contributed by atoms with E-state index >= 15 is 0 Å². The van der Waals surface area contributed by atoms with Gasteiger partial charge in [0.05, 0.1) is 11.9 Å². The molecule has 0 saturated heterocycles. The van der Waals surface area contributed by atoms with Crippen molar-refractivity contribution >= 4 is 39.1 Å². The zero-order valence-electron chi connectivity index (χ0n) is 27.6. The molecule has 0 spiro atoms. The van der Waals surface area contributed by atoms with Gasteiger partial charge in [0.25, 0.3) is 0 Å². The number of rotatable bonds is 18. The fraction of sp³-hybridized carbons (Fsp3) is 0.270. The number of Topliss-reactive ketones (excluding diaryl/α,β-unsaturated/α-hetero) is 1. The Hall–Kier alpha value is -5.20. The topological polar surface area (TPSA) is 191 Å². The summed E-state index contributed by atoms with van der Waals surface area (Å²) >= 11 is 0. The monoisotopic (exact) mass is 686 g/mol. The lowest BCUT2D eigenvalue weighted by atomic mass is 9.86. The van der Waals surface area contributed by atoms with Gasteiger partial charge in [0.2, 0.25) is 15.9 Å². The van der Waals surface area contributed by atoms with Crippen molar-refractivity contribution in [2.24, 2.45) is 11.5 Å². The van der Waals surface area contributed by atoms with Crippen molar-refractivity contribution in [2.75, 3.05) is 16.3 Å². The Balaban J connectivity index is 1.31. The van der Waals surface area contributed by atoms with Crippen LogP contribution in [0.15, 0.2) is 91.0 Å². The highest BCUT2D eigenvalue weighted by molar-refractivity contribution is 7.92. The van der Waals surface area contributed by atoms with Crippen molar-refractivity contribution in [1.29, 1.82) is 0 Å². The van der Waals surface area contributed by atoms with Crippen molar-refractivity contribution in [3.63, 3.8) is 0 Å². The van der Waals surface area contributed by atoms with E-state index in [1.54, 1.807) is 0 Å². The smallest absolute Gasteiger partial charge is 0.331 e. The number of ether oxygens (including phenoxy) is 1. The number of hydrogen-bond donors (Lipinski definition) is 5. The van der Waals surface area contributed by atoms with Crippen LogP contribution >= 0.6 is 0 Å². The van der Waals surface area contributed by atoms with E-state index in [0.717, 1.165) is 39.8 Å². The number of hydrogen-bond acceptors (Lipinski definition) is 8. The van der Waals surface area contributed by atoms with Crippen LogP contribution in [0.1, 0.15) is 53.5 Å². The summed E-state index contributed by atoms with van der Waals surface area (Å²) in [6.07, 6.45) is 2.00. The molecule has 49 heavy (non-hydrogen) atoms. The van der Waals surface area contributed by atoms with Crippen molar-refractivity contribution in [3.05, 3.63) is 119 Å². The molecule has 4 aromatic rings. The molecular weight excluding hydrogens is 644 g/mol. The first-order valence-electron chi connectivity index (χ1n) is 15.8. The van der Waals surface area contributed by atoms with E-state index in [1.165, 1.54) is 0 Å². The fourth-order valence-electron chi connectivity index (χ4n) is 5.34. The molecular formula is C37H42N4O7S. The van der Waals surface area contributed by atoms with Crippen LogP contribution in [0.3, 0.4) is 0 Å². The number of nitrogens with two attached hydrogens (primary N) is 2. The molecule has 11 nitrogen and oxygen atoms in total. The van der Waals surface area contributed by atoms with Crippen LogP contribution < -0.4 is 26.2 Å². The number of nitrogens with one attached hydrogen (secondary N) is 2. The van der Waals surface area contributed by atoms with Gasteiger partial charge in [0, 0.05) is 25.1 Å². The normalized spacial score (nSPS) is 12.5. The minimum Gasteiger partial charge on any atom is -0.480 e. The average Bonchev–Trinajstić information content (AvgIpc) is 3.06. The van der Waals surface area contributed by atoms with Gasteiger partial charge in [0.1, 0.15) is 11.5 Å². The second kappa shape index (κ2) is 16.3. The largest absolute Gasteiger partial charge is 0.480 e. The predicted molar refractivity (Wildman–Crippen MR) is 190 cm³/mol. The third-order valence-electron chi connectivity index (χ3n) is 8.16. The van der Waals surface area contributed by atoms with E-state index in [-0.39, 0.29) is 19.3 Å². The standard InChI is InChI=1S/C37H42N4O7S/c1-25-32(20-15-29(35(25)41-49(2,46)47)23-27-7-4-3-5-8-27)40-24-28-13-18-31(19-14-28)48-30-16-11-26(12-17-30)9-6-10-33(42)37(39,36(44)45)22-21-34(38)43/h3-5,7-8,11-20,40-41H,6,9-10,21-24,39H2,1-2H3,(H2,38,43)(H,44,45)/t37-/m1/s1. The van der Waals surface area contributed by atoms with Gasteiger partial charge >= 0.3 is 5.97 Å². The lowest BCUT2D eigenvalue weighted by molar-refractivity contribution is -0.148. The molecule has 0 radical (unpaired) electrons. The minimum atomic E-state index is -3.49. The summed E-state index contributed by atoms with van der Waals surface area (Å²) in [6.45, 7) is 2.41. The molecule has 12 heteroatoms. The number of sulfonamides is 1. The first-order chi connectivity index (χ1) is 23.2. The first-order valence-corrected chi connectivity index (χ1v) is 17.7. The average molecular weight is 687 g/mol. The summed E-state index contributed by atoms with van der Waals surface area (Å²) in [6, 6.07) is 28.8. The molecule has 0 aliphatic heterocycles. The molecule has 0 aromatic heterocycles. The van der Waals surface area contributed by atoms with E-state index in [2.05, 4.69) is 10.0 Å². The van der Waals surface area contributed by atoms with Crippen LogP contribution in [-0.2, 0) is 43.8 Å². The molecule has 258 valence electrons. The zero-order chi connectivity index (χ0) is 35.6. The van der Waals surface area contributed by atoms with E-state index < -0.39 is 33.2 Å². The highest BCUT2D eigenvalue weighted by atomic mass is 32.2. The van der Waals surface area contributed by atoms with Crippen LogP contribution in [-0.4, -0.2) is 43.0 Å². The summed E-state index contributed by atoms with van der Waals surface area (Å²) in [7, 11) is -3.49. The molecule has 0 aliphatic rings. The number of benzene rings is 4. The van der Waals surface area contributed by atoms with Crippen LogP contribution in [0.2, 0.25) is 0 Å². The number of carboxylic acids is 1. The summed E-state index contributed by atoms with van der Waals surface area (Å²) < 4.78 is 33.1. The number of carbonyl (C=O) groups excluding carboxylic acids is 2. The Bertz CT molecular complexity index is 1880. The van der Waals surface area contributed by atoms with Crippen LogP contribution in [0, 0.1) is 6.92 Å². The quantitative estimate of drug-likeness (QED) is 0.0865. The van der Waals surface area contributed by atoms with Gasteiger partial charge in [-0.25, -0.2) is 13.2 Å². The third kappa shape index (κ3) is 10.6. The fourth-order valence-corrected chi connectivity index (χ4v) is 6.00. The van der Waals surface area contributed by atoms with Gasteiger partial charge in [0.15, 0.2) is 11.3 Å². The van der Waals surface area contributed by atoms with Gasteiger partial charge in [-0.3, -0.25) is 14.3 Å². The highest BCUT2D eigenvalue weighted by Gasteiger charge is 2.41. The number of aliphatic carboxylic acids is 1. The van der Waals surface area contributed by atoms with Gasteiger partial charge < -0.3 is 26.6 Å². The second-order valence-corrected chi connectivity index (χ2v) is 13.8. The van der Waals surface area contributed by atoms with Gasteiger partial charge in [-0.1, -0.05) is 60.7 Å². The number of carboxylic acid groups (broad SMARTS) is 1. The Morgan fingerprint density at radius 2 is 1.45 bits per heavy atom. The molecule has 1 atom stereocenters. The van der Waals surface area contributed by atoms with Crippen LogP contribution in [0.4, 0.5) is 11.4 Å². The lowest BCUT2D eigenvalue weighted by Crippen LogP contribution is -2.55. The van der Waals surface area contributed by atoms with E-state index in [4.69, 9.17) is 16.2 Å². The highest BCUT2D eigenvalue weighted by Crippen LogP contribution is 2.31. The summed E-state index contributed by atoms with van der Waals surface area (Å²) in [5, 5.41) is 12.9. The Morgan fingerprint density at radius 3 is 2.02 bits per heavy atom. The SMILES string of the molecule is Cc1c(NCc2ccc(Oc3ccc(CCCC(=O)[C@](N)(CCC(N)=O)C(=O)O)cc3)cc2)ccc(Cc2ccccc2)c1NS(C)(=O)=O. The predicted octanol–water partition coefficient (Wildman–Crippen LogP) is 5.30. The molecule has 0 heterocycles. The summed E-state index contributed by atoms with van der Waals surface area (Å²) in [5.41, 5.74) is 14.9. The molecule has 0 aliphatic carbocycles. The maximum atomic E-state index is 12.5. The molecule has 0 saturated carbocycles. The third-order valence-corrected chi connectivity index (χ3v) is 8.73. The van der Waals surface area contributed by atoms with E-state index in [0.29, 0.717) is 43.0 Å². The number of ketones is 1. The maximum absolute atomic E-state index is 12.5. The van der Waals surface area contributed by atoms with Gasteiger partial charge in [-0.05, 0) is 90.8 Å². The van der Waals surface area contributed by atoms with Crippen molar-refractivity contribution in [3.8, 4) is 11.5 Å². The summed E-state index contributed by atoms with van der Waals surface area (Å²) in [5.74, 6) is -1.55. The molecule has 4 rings (SSSR count). The van der Waals surface area contributed by atoms with E-state index in [9.17, 15) is 27.9 Å². The Labute approximate surface area is 286 Å². The van der Waals surface area contributed by atoms with Crippen LogP contribution in [0.25, 0.3) is 0 Å². The van der Waals surface area contributed by atoms with Crippen molar-refractivity contribution in [1.82, 2.24) is 0 Å². The van der Waals surface area contributed by atoms with E-state index in [1.807, 2.05) is 97.9 Å². The number of anilines is 2. The minimum absolute atomic E-state index is 0.0428. The van der Waals surface area contributed by atoms with Crippen molar-refractivity contribution in [2.45, 2.75) is 57.5 Å².